The Bertz CT molecular complexity index is 874. The number of nitrogens with two attached hydrogens (primary N) is 1. The molecule has 0 spiro atoms. The van der Waals surface area contributed by atoms with Crippen molar-refractivity contribution in [3.05, 3.63) is 34.8 Å². The molecule has 0 aliphatic heterocycles. The summed E-state index contributed by atoms with van der Waals surface area (Å²) in [6, 6.07) is 3.54. The molecule has 0 aliphatic carbocycles. The Morgan fingerprint density at radius 1 is 1.26 bits per heavy atom. The van der Waals surface area contributed by atoms with Gasteiger partial charge in [-0.25, -0.2) is 9.97 Å². The SMILES string of the molecule is CC(Sc1ncnc2sccc12)C(=O)Nc1sccc1C(N)=O. The van der Waals surface area contributed by atoms with E-state index < -0.39 is 5.91 Å². The van der Waals surface area contributed by atoms with Crippen LogP contribution in [0.3, 0.4) is 0 Å². The molecule has 3 aromatic rings. The number of thiophene rings is 2. The molecule has 0 saturated heterocycles. The number of amides is 2. The van der Waals surface area contributed by atoms with Crippen LogP contribution in [0.2, 0.25) is 0 Å². The van der Waals surface area contributed by atoms with Crippen LogP contribution in [0, 0.1) is 0 Å². The van der Waals surface area contributed by atoms with Crippen LogP contribution in [0.15, 0.2) is 34.2 Å². The molecule has 0 fully saturated rings. The maximum atomic E-state index is 12.3. The maximum absolute atomic E-state index is 12.3. The van der Waals surface area contributed by atoms with Gasteiger partial charge < -0.3 is 11.1 Å². The zero-order valence-corrected chi connectivity index (χ0v) is 14.4. The third-order valence-corrected chi connectivity index (χ3v) is 5.82. The van der Waals surface area contributed by atoms with Gasteiger partial charge in [-0.05, 0) is 29.8 Å². The van der Waals surface area contributed by atoms with Crippen molar-refractivity contribution >= 4 is 61.5 Å². The van der Waals surface area contributed by atoms with Gasteiger partial charge in [-0.3, -0.25) is 9.59 Å². The zero-order chi connectivity index (χ0) is 16.4. The summed E-state index contributed by atoms with van der Waals surface area (Å²) in [5.74, 6) is -0.764. The second kappa shape index (κ2) is 6.65. The molecule has 3 heterocycles. The van der Waals surface area contributed by atoms with Crippen molar-refractivity contribution in [2.24, 2.45) is 5.73 Å². The topological polar surface area (TPSA) is 98.0 Å². The van der Waals surface area contributed by atoms with E-state index in [0.29, 0.717) is 10.6 Å². The number of carbonyl (C=O) groups excluding carboxylic acids is 2. The Balaban J connectivity index is 1.74. The van der Waals surface area contributed by atoms with Gasteiger partial charge >= 0.3 is 0 Å². The number of rotatable bonds is 5. The second-order valence-electron chi connectivity index (χ2n) is 4.60. The van der Waals surface area contributed by atoms with E-state index in [-0.39, 0.29) is 11.2 Å². The number of hydrogen-bond acceptors (Lipinski definition) is 7. The molecule has 3 rings (SSSR count). The first kappa shape index (κ1) is 15.9. The lowest BCUT2D eigenvalue weighted by Crippen LogP contribution is -2.23. The fraction of sp³-hybridized carbons (Fsp3) is 0.143. The van der Waals surface area contributed by atoms with E-state index in [2.05, 4.69) is 15.3 Å². The highest BCUT2D eigenvalue weighted by atomic mass is 32.2. The van der Waals surface area contributed by atoms with Crippen LogP contribution in [0.4, 0.5) is 5.00 Å². The van der Waals surface area contributed by atoms with Gasteiger partial charge in [0, 0.05) is 5.39 Å². The predicted molar refractivity (Wildman–Crippen MR) is 94.2 cm³/mol. The van der Waals surface area contributed by atoms with Gasteiger partial charge in [-0.2, -0.15) is 0 Å². The number of aromatic nitrogens is 2. The number of hydrogen-bond donors (Lipinski definition) is 2. The summed E-state index contributed by atoms with van der Waals surface area (Å²) >= 11 is 4.15. The van der Waals surface area contributed by atoms with Gasteiger partial charge in [0.25, 0.3) is 5.91 Å². The van der Waals surface area contributed by atoms with Crippen LogP contribution >= 0.6 is 34.4 Å². The third-order valence-electron chi connectivity index (χ3n) is 3.05. The number of carbonyl (C=O) groups is 2. The predicted octanol–water partition coefficient (Wildman–Crippen LogP) is 2.97. The summed E-state index contributed by atoms with van der Waals surface area (Å²) in [4.78, 5) is 33.0. The number of thioether (sulfide) groups is 1. The standard InChI is InChI=1S/C14H12N4O2S3/c1-7(11(20)18-14-8(10(15)19)2-4-22-14)23-13-9-3-5-21-12(9)16-6-17-13/h2-7H,1H3,(H2,15,19)(H,18,20). The molecule has 3 N–H and O–H groups in total. The van der Waals surface area contributed by atoms with E-state index in [1.54, 1.807) is 18.4 Å². The second-order valence-corrected chi connectivity index (χ2v) is 7.74. The van der Waals surface area contributed by atoms with E-state index in [4.69, 9.17) is 5.73 Å². The molecule has 23 heavy (non-hydrogen) atoms. The number of nitrogens with one attached hydrogen (secondary N) is 1. The summed E-state index contributed by atoms with van der Waals surface area (Å²) in [7, 11) is 0. The number of primary amides is 1. The Kier molecular flexibility index (Phi) is 4.60. The van der Waals surface area contributed by atoms with Gasteiger partial charge in [0.1, 0.15) is 21.2 Å². The lowest BCUT2D eigenvalue weighted by Gasteiger charge is -2.11. The quantitative estimate of drug-likeness (QED) is 0.536. The van der Waals surface area contributed by atoms with E-state index in [1.165, 1.54) is 40.8 Å². The molecule has 1 atom stereocenters. The van der Waals surface area contributed by atoms with Gasteiger partial charge in [0.15, 0.2) is 0 Å². The Morgan fingerprint density at radius 2 is 2.04 bits per heavy atom. The Labute approximate surface area is 144 Å². The highest BCUT2D eigenvalue weighted by Gasteiger charge is 2.20. The zero-order valence-electron chi connectivity index (χ0n) is 12.0. The number of fused-ring (bicyclic) bond motifs is 1. The van der Waals surface area contributed by atoms with E-state index in [1.807, 2.05) is 11.4 Å². The van der Waals surface area contributed by atoms with Gasteiger partial charge in [-0.1, -0.05) is 11.8 Å². The summed E-state index contributed by atoms with van der Waals surface area (Å²) in [5, 5.41) is 8.21. The van der Waals surface area contributed by atoms with E-state index in [0.717, 1.165) is 15.2 Å². The summed E-state index contributed by atoms with van der Waals surface area (Å²) in [6.07, 6.45) is 1.50. The fourth-order valence-electron chi connectivity index (χ4n) is 1.90. The van der Waals surface area contributed by atoms with E-state index >= 15 is 0 Å². The highest BCUT2D eigenvalue weighted by Crippen LogP contribution is 2.31. The molecule has 0 aliphatic rings. The van der Waals surface area contributed by atoms with E-state index in [9.17, 15) is 9.59 Å². The minimum Gasteiger partial charge on any atom is -0.366 e. The highest BCUT2D eigenvalue weighted by molar-refractivity contribution is 8.00. The lowest BCUT2D eigenvalue weighted by molar-refractivity contribution is -0.115. The monoisotopic (exact) mass is 364 g/mol. The van der Waals surface area contributed by atoms with Crippen molar-refractivity contribution in [3.8, 4) is 0 Å². The number of nitrogens with zero attached hydrogens (tertiary/aromatic N) is 2. The van der Waals surface area contributed by atoms with Crippen molar-refractivity contribution in [1.82, 2.24) is 9.97 Å². The van der Waals surface area contributed by atoms with Crippen LogP contribution in [0.1, 0.15) is 17.3 Å². The average molecular weight is 364 g/mol. The molecule has 0 radical (unpaired) electrons. The molecule has 118 valence electrons. The first-order valence-corrected chi connectivity index (χ1v) is 9.23. The maximum Gasteiger partial charge on any atom is 0.251 e. The first-order valence-electron chi connectivity index (χ1n) is 6.59. The van der Waals surface area contributed by atoms with Crippen LogP contribution in [-0.4, -0.2) is 27.0 Å². The summed E-state index contributed by atoms with van der Waals surface area (Å²) < 4.78 is 0. The molecule has 0 aromatic carbocycles. The molecule has 2 amide bonds. The molecule has 6 nitrogen and oxygen atoms in total. The molecule has 3 aromatic heterocycles. The normalized spacial score (nSPS) is 12.2. The Morgan fingerprint density at radius 3 is 2.83 bits per heavy atom. The van der Waals surface area contributed by atoms with Crippen LogP contribution < -0.4 is 11.1 Å². The largest absolute Gasteiger partial charge is 0.366 e. The first-order chi connectivity index (χ1) is 11.1. The van der Waals surface area contributed by atoms with Crippen molar-refractivity contribution < 1.29 is 9.59 Å². The van der Waals surface area contributed by atoms with Crippen molar-refractivity contribution in [2.75, 3.05) is 5.32 Å². The Hall–Kier alpha value is -1.97. The van der Waals surface area contributed by atoms with Crippen molar-refractivity contribution in [2.45, 2.75) is 17.2 Å². The van der Waals surface area contributed by atoms with Gasteiger partial charge in [0.2, 0.25) is 5.91 Å². The summed E-state index contributed by atoms with van der Waals surface area (Å²) in [5.41, 5.74) is 5.60. The number of anilines is 1. The van der Waals surface area contributed by atoms with Crippen molar-refractivity contribution in [1.29, 1.82) is 0 Å². The minimum absolute atomic E-state index is 0.207. The smallest absolute Gasteiger partial charge is 0.251 e. The van der Waals surface area contributed by atoms with Gasteiger partial charge in [0.05, 0.1) is 10.8 Å². The minimum atomic E-state index is -0.558. The fourth-order valence-corrected chi connectivity index (χ4v) is 4.39. The summed E-state index contributed by atoms with van der Waals surface area (Å²) in [6.45, 7) is 1.79. The van der Waals surface area contributed by atoms with Crippen molar-refractivity contribution in [3.63, 3.8) is 0 Å². The van der Waals surface area contributed by atoms with Gasteiger partial charge in [-0.15, -0.1) is 22.7 Å². The molecular formula is C14H12N4O2S3. The lowest BCUT2D eigenvalue weighted by atomic mass is 10.3. The molecule has 1 unspecified atom stereocenters. The van der Waals surface area contributed by atoms with Crippen LogP contribution in [0.25, 0.3) is 10.2 Å². The third kappa shape index (κ3) is 3.36. The van der Waals surface area contributed by atoms with Crippen LogP contribution in [0.5, 0.6) is 0 Å². The molecule has 0 saturated carbocycles. The molecule has 9 heteroatoms. The molecular weight excluding hydrogens is 352 g/mol. The van der Waals surface area contributed by atoms with Crippen LogP contribution in [-0.2, 0) is 4.79 Å². The molecule has 0 bridgehead atoms. The average Bonchev–Trinajstić information content (AvgIpc) is 3.16.